The average molecular weight is 254 g/mol. The van der Waals surface area contributed by atoms with Crippen LogP contribution in [0.3, 0.4) is 0 Å². The summed E-state index contributed by atoms with van der Waals surface area (Å²) in [7, 11) is 0. The summed E-state index contributed by atoms with van der Waals surface area (Å²) >= 11 is 0. The van der Waals surface area contributed by atoms with Crippen LogP contribution in [0.2, 0.25) is 0 Å². The second kappa shape index (κ2) is 9.80. The second-order valence-corrected chi connectivity index (χ2v) is 5.97. The summed E-state index contributed by atoms with van der Waals surface area (Å²) in [5.41, 5.74) is 0. The Morgan fingerprint density at radius 2 is 1.78 bits per heavy atom. The minimum absolute atomic E-state index is 0.698. The minimum atomic E-state index is 0.698. The van der Waals surface area contributed by atoms with Gasteiger partial charge < -0.3 is 5.32 Å². The summed E-state index contributed by atoms with van der Waals surface area (Å²) < 4.78 is 0. The van der Waals surface area contributed by atoms with Crippen molar-refractivity contribution in [2.45, 2.75) is 84.2 Å². The Morgan fingerprint density at radius 1 is 1.06 bits per heavy atom. The van der Waals surface area contributed by atoms with Crippen LogP contribution < -0.4 is 5.32 Å². The van der Waals surface area contributed by atoms with Gasteiger partial charge in [0.1, 0.15) is 0 Å². The normalized spacial score (nSPS) is 17.3. The molecule has 2 nitrogen and oxygen atoms in total. The predicted octanol–water partition coefficient (Wildman–Crippen LogP) is 3.81. The zero-order chi connectivity index (χ0) is 13.2. The molecule has 1 N–H and O–H groups in total. The standard InChI is InChI=1S/C16H34N2/c1-4-6-8-9-15(3)17-12-14-18(13-7-5-2)16-10-11-16/h15-17H,4-14H2,1-3H3. The molecule has 1 aliphatic rings. The molecule has 1 saturated carbocycles. The van der Waals surface area contributed by atoms with Gasteiger partial charge in [-0.25, -0.2) is 0 Å². The van der Waals surface area contributed by atoms with Crippen LogP contribution in [0.5, 0.6) is 0 Å². The third kappa shape index (κ3) is 7.38. The highest BCUT2D eigenvalue weighted by Gasteiger charge is 2.27. The molecule has 1 rings (SSSR count). The molecule has 1 aliphatic carbocycles. The van der Waals surface area contributed by atoms with E-state index in [1.54, 1.807) is 0 Å². The molecule has 0 spiro atoms. The van der Waals surface area contributed by atoms with Crippen molar-refractivity contribution in [1.29, 1.82) is 0 Å². The lowest BCUT2D eigenvalue weighted by Crippen LogP contribution is -2.37. The first-order valence-electron chi connectivity index (χ1n) is 8.25. The van der Waals surface area contributed by atoms with E-state index < -0.39 is 0 Å². The van der Waals surface area contributed by atoms with Gasteiger partial charge >= 0.3 is 0 Å². The maximum atomic E-state index is 3.69. The molecule has 108 valence electrons. The molecule has 0 saturated heterocycles. The van der Waals surface area contributed by atoms with Gasteiger partial charge in [-0.05, 0) is 39.2 Å². The first-order valence-corrected chi connectivity index (χ1v) is 8.25. The topological polar surface area (TPSA) is 15.3 Å². The quantitative estimate of drug-likeness (QED) is 0.533. The fourth-order valence-electron chi connectivity index (χ4n) is 2.53. The van der Waals surface area contributed by atoms with Gasteiger partial charge in [0.15, 0.2) is 0 Å². The number of hydrogen-bond acceptors (Lipinski definition) is 2. The maximum Gasteiger partial charge on any atom is 0.0110 e. The zero-order valence-electron chi connectivity index (χ0n) is 12.9. The third-order valence-corrected chi connectivity index (χ3v) is 3.99. The average Bonchev–Trinajstić information content (AvgIpc) is 3.18. The Bertz CT molecular complexity index is 190. The molecule has 0 radical (unpaired) electrons. The van der Waals surface area contributed by atoms with Crippen LogP contribution in [0.15, 0.2) is 0 Å². The minimum Gasteiger partial charge on any atom is -0.313 e. The first kappa shape index (κ1) is 16.0. The number of nitrogens with zero attached hydrogens (tertiary/aromatic N) is 1. The van der Waals surface area contributed by atoms with E-state index in [1.165, 1.54) is 71.0 Å². The van der Waals surface area contributed by atoms with Crippen molar-refractivity contribution in [3.8, 4) is 0 Å². The van der Waals surface area contributed by atoms with E-state index in [2.05, 4.69) is 31.0 Å². The van der Waals surface area contributed by atoms with E-state index >= 15 is 0 Å². The van der Waals surface area contributed by atoms with Crippen molar-refractivity contribution in [2.24, 2.45) is 0 Å². The molecule has 0 amide bonds. The zero-order valence-corrected chi connectivity index (χ0v) is 12.9. The SMILES string of the molecule is CCCCCC(C)NCCN(CCCC)C1CC1. The summed E-state index contributed by atoms with van der Waals surface area (Å²) in [5, 5.41) is 3.69. The van der Waals surface area contributed by atoms with Crippen LogP contribution >= 0.6 is 0 Å². The van der Waals surface area contributed by atoms with Gasteiger partial charge in [0.05, 0.1) is 0 Å². The lowest BCUT2D eigenvalue weighted by atomic mass is 10.1. The molecule has 1 fully saturated rings. The third-order valence-electron chi connectivity index (χ3n) is 3.99. The molecule has 18 heavy (non-hydrogen) atoms. The molecule has 0 aliphatic heterocycles. The van der Waals surface area contributed by atoms with Crippen LogP contribution in [-0.4, -0.2) is 36.6 Å². The fourth-order valence-corrected chi connectivity index (χ4v) is 2.53. The highest BCUT2D eigenvalue weighted by atomic mass is 15.2. The summed E-state index contributed by atoms with van der Waals surface area (Å²) in [6.07, 6.45) is 11.0. The van der Waals surface area contributed by atoms with Crippen molar-refractivity contribution in [3.05, 3.63) is 0 Å². The largest absolute Gasteiger partial charge is 0.313 e. The van der Waals surface area contributed by atoms with Gasteiger partial charge in [0.2, 0.25) is 0 Å². The molecule has 1 atom stereocenters. The summed E-state index contributed by atoms with van der Waals surface area (Å²) in [6, 6.07) is 1.62. The van der Waals surface area contributed by atoms with Crippen molar-refractivity contribution in [3.63, 3.8) is 0 Å². The van der Waals surface area contributed by atoms with Crippen molar-refractivity contribution < 1.29 is 0 Å². The van der Waals surface area contributed by atoms with Crippen molar-refractivity contribution >= 4 is 0 Å². The van der Waals surface area contributed by atoms with Gasteiger partial charge in [0, 0.05) is 25.2 Å². The Morgan fingerprint density at radius 3 is 2.39 bits per heavy atom. The van der Waals surface area contributed by atoms with E-state index in [0.29, 0.717) is 6.04 Å². The van der Waals surface area contributed by atoms with Gasteiger partial charge in [-0.15, -0.1) is 0 Å². The Hall–Kier alpha value is -0.0800. The number of nitrogens with one attached hydrogen (secondary N) is 1. The van der Waals surface area contributed by atoms with Crippen LogP contribution in [0.1, 0.15) is 72.1 Å². The Balaban J connectivity index is 2.02. The molecular formula is C16H34N2. The molecule has 0 bridgehead atoms. The molecule has 0 aromatic rings. The van der Waals surface area contributed by atoms with E-state index in [0.717, 1.165) is 6.04 Å². The highest BCUT2D eigenvalue weighted by molar-refractivity contribution is 4.84. The van der Waals surface area contributed by atoms with E-state index in [4.69, 9.17) is 0 Å². The Kier molecular flexibility index (Phi) is 8.70. The van der Waals surface area contributed by atoms with Gasteiger partial charge in [0.25, 0.3) is 0 Å². The molecule has 0 aromatic heterocycles. The lowest BCUT2D eigenvalue weighted by Gasteiger charge is -2.23. The summed E-state index contributed by atoms with van der Waals surface area (Å²) in [6.45, 7) is 10.6. The van der Waals surface area contributed by atoms with Crippen LogP contribution in [0.25, 0.3) is 0 Å². The van der Waals surface area contributed by atoms with E-state index in [1.807, 2.05) is 0 Å². The number of hydrogen-bond donors (Lipinski definition) is 1. The molecule has 0 aromatic carbocycles. The number of rotatable bonds is 12. The van der Waals surface area contributed by atoms with Gasteiger partial charge in [-0.3, -0.25) is 4.90 Å². The fraction of sp³-hybridized carbons (Fsp3) is 1.00. The number of unbranched alkanes of at least 4 members (excludes halogenated alkanes) is 3. The molecule has 2 heteroatoms. The van der Waals surface area contributed by atoms with Crippen molar-refractivity contribution in [2.75, 3.05) is 19.6 Å². The maximum absolute atomic E-state index is 3.69. The van der Waals surface area contributed by atoms with Crippen LogP contribution in [0, 0.1) is 0 Å². The molecular weight excluding hydrogens is 220 g/mol. The van der Waals surface area contributed by atoms with Gasteiger partial charge in [-0.1, -0.05) is 39.5 Å². The summed E-state index contributed by atoms with van der Waals surface area (Å²) in [4.78, 5) is 2.70. The van der Waals surface area contributed by atoms with Crippen LogP contribution in [0.4, 0.5) is 0 Å². The predicted molar refractivity (Wildman–Crippen MR) is 81.1 cm³/mol. The van der Waals surface area contributed by atoms with Gasteiger partial charge in [-0.2, -0.15) is 0 Å². The van der Waals surface area contributed by atoms with E-state index in [-0.39, 0.29) is 0 Å². The lowest BCUT2D eigenvalue weighted by molar-refractivity contribution is 0.254. The van der Waals surface area contributed by atoms with Crippen molar-refractivity contribution in [1.82, 2.24) is 10.2 Å². The smallest absolute Gasteiger partial charge is 0.0110 e. The second-order valence-electron chi connectivity index (χ2n) is 5.97. The molecule has 1 unspecified atom stereocenters. The molecule has 0 heterocycles. The monoisotopic (exact) mass is 254 g/mol. The first-order chi connectivity index (χ1) is 8.77. The van der Waals surface area contributed by atoms with E-state index in [9.17, 15) is 0 Å². The summed E-state index contributed by atoms with van der Waals surface area (Å²) in [5.74, 6) is 0. The van der Waals surface area contributed by atoms with Crippen LogP contribution in [-0.2, 0) is 0 Å². The highest BCUT2D eigenvalue weighted by Crippen LogP contribution is 2.26. The Labute approximate surface area is 115 Å².